The second-order valence-corrected chi connectivity index (χ2v) is 5.78. The van der Waals surface area contributed by atoms with Crippen molar-refractivity contribution in [2.24, 2.45) is 0 Å². The average Bonchev–Trinajstić information content (AvgIpc) is 3.16. The summed E-state index contributed by atoms with van der Waals surface area (Å²) in [5, 5.41) is 14.5. The summed E-state index contributed by atoms with van der Waals surface area (Å²) in [6.45, 7) is 4.59. The number of aromatic nitrogens is 2. The number of rotatable bonds is 4. The molecule has 0 aliphatic carbocycles. The first-order chi connectivity index (χ1) is 10.1. The molecule has 1 aliphatic rings. The highest BCUT2D eigenvalue weighted by Gasteiger charge is 2.37. The SMILES string of the molecule is CC(c1nc(C2(C)CCCO2)no1)C(O)c1ccccc1. The molecule has 0 radical (unpaired) electrons. The highest BCUT2D eigenvalue weighted by Crippen LogP contribution is 2.35. The summed E-state index contributed by atoms with van der Waals surface area (Å²) < 4.78 is 11.1. The molecule has 0 amide bonds. The maximum absolute atomic E-state index is 10.4. The lowest BCUT2D eigenvalue weighted by Gasteiger charge is -2.18. The van der Waals surface area contributed by atoms with E-state index in [0.29, 0.717) is 11.7 Å². The van der Waals surface area contributed by atoms with Gasteiger partial charge >= 0.3 is 0 Å². The molecule has 1 aromatic heterocycles. The van der Waals surface area contributed by atoms with Gasteiger partial charge in [-0.2, -0.15) is 4.98 Å². The molecule has 5 heteroatoms. The summed E-state index contributed by atoms with van der Waals surface area (Å²) in [7, 11) is 0. The van der Waals surface area contributed by atoms with Crippen molar-refractivity contribution in [3.05, 3.63) is 47.6 Å². The first-order valence-electron chi connectivity index (χ1n) is 7.31. The zero-order valence-electron chi connectivity index (χ0n) is 12.3. The van der Waals surface area contributed by atoms with Crippen LogP contribution in [0.5, 0.6) is 0 Å². The summed E-state index contributed by atoms with van der Waals surface area (Å²) in [5.74, 6) is 0.749. The third-order valence-electron chi connectivity index (χ3n) is 4.14. The van der Waals surface area contributed by atoms with E-state index in [-0.39, 0.29) is 5.92 Å². The van der Waals surface area contributed by atoms with Crippen molar-refractivity contribution < 1.29 is 14.4 Å². The van der Waals surface area contributed by atoms with Gasteiger partial charge in [0.15, 0.2) is 0 Å². The van der Waals surface area contributed by atoms with Crippen LogP contribution in [0.4, 0.5) is 0 Å². The van der Waals surface area contributed by atoms with E-state index in [1.165, 1.54) is 0 Å². The molecule has 5 nitrogen and oxygen atoms in total. The van der Waals surface area contributed by atoms with E-state index in [0.717, 1.165) is 25.0 Å². The van der Waals surface area contributed by atoms with Crippen LogP contribution in [-0.2, 0) is 10.3 Å². The zero-order valence-corrected chi connectivity index (χ0v) is 12.3. The number of aliphatic hydroxyl groups excluding tert-OH is 1. The fourth-order valence-electron chi connectivity index (χ4n) is 2.66. The topological polar surface area (TPSA) is 68.4 Å². The summed E-state index contributed by atoms with van der Waals surface area (Å²) in [5.41, 5.74) is 0.382. The van der Waals surface area contributed by atoms with Crippen LogP contribution in [0.1, 0.15) is 56.0 Å². The molecule has 0 bridgehead atoms. The number of benzene rings is 1. The molecule has 3 rings (SSSR count). The minimum atomic E-state index is -0.670. The van der Waals surface area contributed by atoms with Gasteiger partial charge in [0.25, 0.3) is 0 Å². The van der Waals surface area contributed by atoms with Gasteiger partial charge in [0.1, 0.15) is 5.60 Å². The predicted octanol–water partition coefficient (Wildman–Crippen LogP) is 2.93. The minimum Gasteiger partial charge on any atom is -0.388 e. The Morgan fingerprint density at radius 2 is 2.05 bits per heavy atom. The Kier molecular flexibility index (Phi) is 3.78. The van der Waals surface area contributed by atoms with Crippen molar-refractivity contribution >= 4 is 0 Å². The molecule has 0 saturated carbocycles. The molecule has 0 spiro atoms. The van der Waals surface area contributed by atoms with Gasteiger partial charge in [-0.05, 0) is 25.3 Å². The predicted molar refractivity (Wildman–Crippen MR) is 76.7 cm³/mol. The van der Waals surface area contributed by atoms with Crippen LogP contribution in [0, 0.1) is 0 Å². The Labute approximate surface area is 123 Å². The molecule has 2 aromatic rings. The van der Waals surface area contributed by atoms with Crippen LogP contribution in [0.3, 0.4) is 0 Å². The average molecular weight is 288 g/mol. The summed E-state index contributed by atoms with van der Waals surface area (Å²) in [6.07, 6.45) is 1.22. The first kappa shape index (κ1) is 14.2. The molecular weight excluding hydrogens is 268 g/mol. The van der Waals surface area contributed by atoms with E-state index in [2.05, 4.69) is 10.1 Å². The van der Waals surface area contributed by atoms with Crippen LogP contribution >= 0.6 is 0 Å². The lowest BCUT2D eigenvalue weighted by atomic mass is 9.97. The number of hydrogen-bond donors (Lipinski definition) is 1. The third-order valence-corrected chi connectivity index (χ3v) is 4.14. The fourth-order valence-corrected chi connectivity index (χ4v) is 2.66. The maximum atomic E-state index is 10.4. The van der Waals surface area contributed by atoms with Gasteiger partial charge in [-0.15, -0.1) is 0 Å². The number of ether oxygens (including phenoxy) is 1. The first-order valence-corrected chi connectivity index (χ1v) is 7.31. The van der Waals surface area contributed by atoms with E-state index in [9.17, 15) is 5.11 Å². The van der Waals surface area contributed by atoms with Gasteiger partial charge in [0, 0.05) is 6.61 Å². The van der Waals surface area contributed by atoms with Crippen molar-refractivity contribution in [1.29, 1.82) is 0 Å². The lowest BCUT2D eigenvalue weighted by molar-refractivity contribution is 0.00768. The summed E-state index contributed by atoms with van der Waals surface area (Å²) in [6, 6.07) is 9.50. The molecule has 1 saturated heterocycles. The Hall–Kier alpha value is -1.72. The summed E-state index contributed by atoms with van der Waals surface area (Å²) in [4.78, 5) is 4.45. The van der Waals surface area contributed by atoms with Crippen molar-refractivity contribution in [3.8, 4) is 0 Å². The largest absolute Gasteiger partial charge is 0.388 e. The molecule has 112 valence electrons. The monoisotopic (exact) mass is 288 g/mol. The Morgan fingerprint density at radius 3 is 2.71 bits per heavy atom. The molecule has 1 N–H and O–H groups in total. The van der Waals surface area contributed by atoms with Crippen molar-refractivity contribution in [2.75, 3.05) is 6.61 Å². The lowest BCUT2D eigenvalue weighted by Crippen LogP contribution is -2.21. The Balaban J connectivity index is 1.79. The van der Waals surface area contributed by atoms with Crippen LogP contribution in [-0.4, -0.2) is 21.9 Å². The molecule has 2 heterocycles. The van der Waals surface area contributed by atoms with E-state index < -0.39 is 11.7 Å². The van der Waals surface area contributed by atoms with Gasteiger partial charge in [0.05, 0.1) is 12.0 Å². The molecule has 1 aromatic carbocycles. The van der Waals surface area contributed by atoms with Gasteiger partial charge in [-0.25, -0.2) is 0 Å². The molecular formula is C16H20N2O3. The van der Waals surface area contributed by atoms with Crippen molar-refractivity contribution in [2.45, 2.75) is 44.3 Å². The van der Waals surface area contributed by atoms with E-state index in [1.807, 2.05) is 44.2 Å². The Morgan fingerprint density at radius 1 is 1.29 bits per heavy atom. The molecule has 3 unspecified atom stereocenters. The number of hydrogen-bond acceptors (Lipinski definition) is 5. The third kappa shape index (κ3) is 2.71. The van der Waals surface area contributed by atoms with Crippen LogP contribution in [0.25, 0.3) is 0 Å². The van der Waals surface area contributed by atoms with Crippen LogP contribution < -0.4 is 0 Å². The van der Waals surface area contributed by atoms with E-state index in [1.54, 1.807) is 0 Å². The Bertz CT molecular complexity index is 591. The van der Waals surface area contributed by atoms with Crippen molar-refractivity contribution in [3.63, 3.8) is 0 Å². The smallest absolute Gasteiger partial charge is 0.232 e. The highest BCUT2D eigenvalue weighted by atomic mass is 16.5. The van der Waals surface area contributed by atoms with Gasteiger partial charge in [-0.3, -0.25) is 0 Å². The number of aliphatic hydroxyl groups is 1. The van der Waals surface area contributed by atoms with E-state index >= 15 is 0 Å². The summed E-state index contributed by atoms with van der Waals surface area (Å²) >= 11 is 0. The van der Waals surface area contributed by atoms with Gasteiger partial charge in [-0.1, -0.05) is 42.4 Å². The normalized spacial score (nSPS) is 24.9. The quantitative estimate of drug-likeness (QED) is 0.936. The highest BCUT2D eigenvalue weighted by molar-refractivity contribution is 5.20. The van der Waals surface area contributed by atoms with Crippen LogP contribution in [0.15, 0.2) is 34.9 Å². The zero-order chi connectivity index (χ0) is 14.9. The fraction of sp³-hybridized carbons (Fsp3) is 0.500. The second kappa shape index (κ2) is 5.58. The molecule has 21 heavy (non-hydrogen) atoms. The van der Waals surface area contributed by atoms with E-state index in [4.69, 9.17) is 9.26 Å². The van der Waals surface area contributed by atoms with Gasteiger partial charge < -0.3 is 14.4 Å². The van der Waals surface area contributed by atoms with Crippen LogP contribution in [0.2, 0.25) is 0 Å². The molecule has 1 aliphatic heterocycles. The standard InChI is InChI=1S/C16H20N2O3/c1-11(13(19)12-7-4-3-5-8-12)14-17-15(18-21-14)16(2)9-6-10-20-16/h3-5,7-8,11,13,19H,6,9-10H2,1-2H3. The molecule has 3 atom stereocenters. The molecule has 1 fully saturated rings. The second-order valence-electron chi connectivity index (χ2n) is 5.78. The maximum Gasteiger partial charge on any atom is 0.232 e. The van der Waals surface area contributed by atoms with Crippen molar-refractivity contribution in [1.82, 2.24) is 10.1 Å². The van der Waals surface area contributed by atoms with Gasteiger partial charge in [0.2, 0.25) is 11.7 Å². The number of nitrogens with zero attached hydrogens (tertiary/aromatic N) is 2. The minimum absolute atomic E-state index is 0.265.